The van der Waals surface area contributed by atoms with Crippen LogP contribution >= 0.6 is 11.3 Å². The highest BCUT2D eigenvalue weighted by Crippen LogP contribution is 2.22. The van der Waals surface area contributed by atoms with E-state index in [0.717, 1.165) is 5.56 Å². The lowest BCUT2D eigenvalue weighted by Crippen LogP contribution is -2.12. The Morgan fingerprint density at radius 1 is 1.20 bits per heavy atom. The third kappa shape index (κ3) is 3.21. The maximum absolute atomic E-state index is 13.5. The summed E-state index contributed by atoms with van der Waals surface area (Å²) in [4.78, 5) is 23.6. The summed E-state index contributed by atoms with van der Waals surface area (Å²) >= 11 is 1.34. The van der Waals surface area contributed by atoms with Gasteiger partial charge in [-0.25, -0.2) is 4.39 Å². The smallest absolute Gasteiger partial charge is 0.265 e. The van der Waals surface area contributed by atoms with Crippen molar-refractivity contribution in [3.8, 4) is 0 Å². The number of hydrogen-bond acceptors (Lipinski definition) is 3. The molecule has 2 N–H and O–H groups in total. The highest BCUT2D eigenvalue weighted by atomic mass is 32.1. The Hall–Kier alpha value is -2.21. The summed E-state index contributed by atoms with van der Waals surface area (Å²) in [5.74, 6) is -1.18. The number of carbonyl (C=O) groups excluding carboxylic acids is 2. The SMILES string of the molecule is CC(=O)Nc1cc(NC(=O)c2sccc2C)ccc1F. The molecule has 0 aliphatic rings. The molecule has 20 heavy (non-hydrogen) atoms. The lowest BCUT2D eigenvalue weighted by molar-refractivity contribution is -0.114. The molecule has 0 radical (unpaired) electrons. The minimum absolute atomic E-state index is 0.0400. The summed E-state index contributed by atoms with van der Waals surface area (Å²) < 4.78 is 13.5. The van der Waals surface area contributed by atoms with E-state index in [4.69, 9.17) is 0 Å². The van der Waals surface area contributed by atoms with Gasteiger partial charge in [0, 0.05) is 12.6 Å². The molecule has 0 saturated carbocycles. The number of amides is 2. The van der Waals surface area contributed by atoms with Crippen molar-refractivity contribution in [2.45, 2.75) is 13.8 Å². The van der Waals surface area contributed by atoms with Gasteiger partial charge in [-0.2, -0.15) is 0 Å². The number of anilines is 2. The molecule has 0 saturated heterocycles. The molecule has 2 rings (SSSR count). The van der Waals surface area contributed by atoms with E-state index in [0.29, 0.717) is 10.6 Å². The molecule has 2 aromatic rings. The van der Waals surface area contributed by atoms with Crippen molar-refractivity contribution in [2.24, 2.45) is 0 Å². The van der Waals surface area contributed by atoms with Crippen molar-refractivity contribution in [2.75, 3.05) is 10.6 Å². The Morgan fingerprint density at radius 2 is 1.95 bits per heavy atom. The fourth-order valence-corrected chi connectivity index (χ4v) is 2.50. The fraction of sp³-hybridized carbons (Fsp3) is 0.143. The van der Waals surface area contributed by atoms with Crippen molar-refractivity contribution in [1.29, 1.82) is 0 Å². The second kappa shape index (κ2) is 5.83. The molecular formula is C14H13FN2O2S. The van der Waals surface area contributed by atoms with Crippen LogP contribution in [0.15, 0.2) is 29.6 Å². The van der Waals surface area contributed by atoms with Crippen LogP contribution in [0.2, 0.25) is 0 Å². The molecule has 0 spiro atoms. The molecule has 0 unspecified atom stereocenters. The molecular weight excluding hydrogens is 279 g/mol. The summed E-state index contributed by atoms with van der Waals surface area (Å²) in [6.07, 6.45) is 0. The highest BCUT2D eigenvalue weighted by Gasteiger charge is 2.12. The van der Waals surface area contributed by atoms with Crippen LogP contribution in [0.1, 0.15) is 22.2 Å². The van der Waals surface area contributed by atoms with E-state index in [1.54, 1.807) is 0 Å². The van der Waals surface area contributed by atoms with Crippen LogP contribution in [0.25, 0.3) is 0 Å². The molecule has 0 bridgehead atoms. The summed E-state index contributed by atoms with van der Waals surface area (Å²) in [6, 6.07) is 5.88. The number of thiophene rings is 1. The Kier molecular flexibility index (Phi) is 4.14. The maximum atomic E-state index is 13.5. The number of aryl methyl sites for hydroxylation is 1. The molecule has 1 heterocycles. The van der Waals surface area contributed by atoms with Crippen LogP contribution in [0.3, 0.4) is 0 Å². The first-order chi connectivity index (χ1) is 9.47. The third-order valence-electron chi connectivity index (χ3n) is 2.60. The average Bonchev–Trinajstić information content (AvgIpc) is 2.79. The van der Waals surface area contributed by atoms with Gasteiger partial charge in [0.25, 0.3) is 5.91 Å². The lowest BCUT2D eigenvalue weighted by atomic mass is 10.2. The Morgan fingerprint density at radius 3 is 2.55 bits per heavy atom. The van der Waals surface area contributed by atoms with Crippen LogP contribution in [0, 0.1) is 12.7 Å². The van der Waals surface area contributed by atoms with Gasteiger partial charge in [-0.05, 0) is 42.1 Å². The van der Waals surface area contributed by atoms with E-state index in [1.807, 2.05) is 18.4 Å². The third-order valence-corrected chi connectivity index (χ3v) is 3.62. The fourth-order valence-electron chi connectivity index (χ4n) is 1.68. The zero-order valence-corrected chi connectivity index (χ0v) is 11.8. The molecule has 1 aromatic carbocycles. The zero-order valence-electron chi connectivity index (χ0n) is 11.0. The van der Waals surface area contributed by atoms with Crippen molar-refractivity contribution < 1.29 is 14.0 Å². The van der Waals surface area contributed by atoms with E-state index in [-0.39, 0.29) is 17.5 Å². The maximum Gasteiger partial charge on any atom is 0.265 e. The van der Waals surface area contributed by atoms with Gasteiger partial charge < -0.3 is 10.6 Å². The predicted molar refractivity (Wildman–Crippen MR) is 77.7 cm³/mol. The summed E-state index contributed by atoms with van der Waals surface area (Å²) in [6.45, 7) is 3.14. The number of hydrogen-bond donors (Lipinski definition) is 2. The molecule has 0 aliphatic carbocycles. The van der Waals surface area contributed by atoms with Gasteiger partial charge in [0.05, 0.1) is 10.6 Å². The highest BCUT2D eigenvalue weighted by molar-refractivity contribution is 7.12. The van der Waals surface area contributed by atoms with E-state index < -0.39 is 5.82 Å². The number of carbonyl (C=O) groups is 2. The Labute approximate surface area is 119 Å². The monoisotopic (exact) mass is 292 g/mol. The minimum atomic E-state index is -0.550. The van der Waals surface area contributed by atoms with E-state index in [1.165, 1.54) is 36.5 Å². The van der Waals surface area contributed by atoms with Gasteiger partial charge in [-0.15, -0.1) is 11.3 Å². The number of nitrogens with one attached hydrogen (secondary N) is 2. The number of halogens is 1. The van der Waals surface area contributed by atoms with E-state index in [2.05, 4.69) is 10.6 Å². The van der Waals surface area contributed by atoms with E-state index in [9.17, 15) is 14.0 Å². The minimum Gasteiger partial charge on any atom is -0.324 e. The molecule has 4 nitrogen and oxygen atoms in total. The molecule has 0 fully saturated rings. The van der Waals surface area contributed by atoms with Crippen LogP contribution in [0.5, 0.6) is 0 Å². The van der Waals surface area contributed by atoms with Crippen molar-refractivity contribution in [3.63, 3.8) is 0 Å². The van der Waals surface area contributed by atoms with Gasteiger partial charge in [0.1, 0.15) is 5.82 Å². The molecule has 104 valence electrons. The van der Waals surface area contributed by atoms with Gasteiger partial charge in [0.2, 0.25) is 5.91 Å². The molecule has 1 aromatic heterocycles. The quantitative estimate of drug-likeness (QED) is 0.910. The van der Waals surface area contributed by atoms with Crippen LogP contribution in [0.4, 0.5) is 15.8 Å². The van der Waals surface area contributed by atoms with E-state index >= 15 is 0 Å². The lowest BCUT2D eigenvalue weighted by Gasteiger charge is -2.08. The summed E-state index contributed by atoms with van der Waals surface area (Å²) in [7, 11) is 0. The largest absolute Gasteiger partial charge is 0.324 e. The van der Waals surface area contributed by atoms with Gasteiger partial charge in [-0.3, -0.25) is 9.59 Å². The van der Waals surface area contributed by atoms with Crippen molar-refractivity contribution in [1.82, 2.24) is 0 Å². The first-order valence-electron chi connectivity index (χ1n) is 5.90. The summed E-state index contributed by atoms with van der Waals surface area (Å²) in [5.41, 5.74) is 1.35. The van der Waals surface area contributed by atoms with Crippen molar-refractivity contribution >= 4 is 34.5 Å². The second-order valence-corrected chi connectivity index (χ2v) is 5.18. The number of benzene rings is 1. The molecule has 0 aliphatic heterocycles. The van der Waals surface area contributed by atoms with Crippen LogP contribution in [-0.2, 0) is 4.79 Å². The molecule has 2 amide bonds. The number of rotatable bonds is 3. The zero-order chi connectivity index (χ0) is 14.7. The standard InChI is InChI=1S/C14H13FN2O2S/c1-8-5-6-20-13(8)14(19)17-10-3-4-11(15)12(7-10)16-9(2)18/h3-7H,1-2H3,(H,16,18)(H,17,19). The van der Waals surface area contributed by atoms with Gasteiger partial charge in [-0.1, -0.05) is 0 Å². The first-order valence-corrected chi connectivity index (χ1v) is 6.78. The normalized spacial score (nSPS) is 10.2. The van der Waals surface area contributed by atoms with Gasteiger partial charge >= 0.3 is 0 Å². The molecule has 0 atom stereocenters. The molecule has 6 heteroatoms. The summed E-state index contributed by atoms with van der Waals surface area (Å²) in [5, 5.41) is 6.88. The Bertz CT molecular complexity index is 667. The topological polar surface area (TPSA) is 58.2 Å². The van der Waals surface area contributed by atoms with Crippen LogP contribution < -0.4 is 10.6 Å². The predicted octanol–water partition coefficient (Wildman–Crippen LogP) is 3.41. The van der Waals surface area contributed by atoms with Crippen LogP contribution in [-0.4, -0.2) is 11.8 Å². The van der Waals surface area contributed by atoms with Gasteiger partial charge in [0.15, 0.2) is 0 Å². The second-order valence-electron chi connectivity index (χ2n) is 4.26. The Balaban J connectivity index is 2.20. The average molecular weight is 292 g/mol. The van der Waals surface area contributed by atoms with Crippen molar-refractivity contribution in [3.05, 3.63) is 45.9 Å². The first kappa shape index (κ1) is 14.2.